The number of thioether (sulfide) groups is 1. The fourth-order valence-electron chi connectivity index (χ4n) is 3.52. The van der Waals surface area contributed by atoms with Crippen LogP contribution < -0.4 is 5.32 Å². The number of Topliss-reactive ketones (excluding diaryl/α,β-unsaturated/α-hetero) is 1. The highest BCUT2D eigenvalue weighted by Gasteiger charge is 2.39. The molecule has 1 heterocycles. The van der Waals surface area contributed by atoms with Gasteiger partial charge in [0.1, 0.15) is 5.60 Å². The topological polar surface area (TPSA) is 64.6 Å². The van der Waals surface area contributed by atoms with E-state index in [2.05, 4.69) is 25.2 Å². The molecule has 5 nitrogen and oxygen atoms in total. The molecule has 1 N–H and O–H groups in total. The van der Waals surface area contributed by atoms with Gasteiger partial charge in [-0.2, -0.15) is 0 Å². The molecule has 3 atom stereocenters. The number of alkyl carbamates (subject to hydrolysis) is 1. The van der Waals surface area contributed by atoms with Gasteiger partial charge in [-0.05, 0) is 76.9 Å². The third-order valence-corrected chi connectivity index (χ3v) is 6.35. The Balaban J connectivity index is 2.16. The number of allylic oxidation sites excluding steroid dienone is 2. The first kappa shape index (κ1) is 23.0. The molecule has 1 amide bonds. The Hall–Kier alpha value is -1.27. The Morgan fingerprint density at radius 2 is 2.00 bits per heavy atom. The predicted octanol–water partition coefficient (Wildman–Crippen LogP) is 5.15. The molecule has 1 aliphatic heterocycles. The lowest BCUT2D eigenvalue weighted by Gasteiger charge is -2.35. The quantitative estimate of drug-likeness (QED) is 0.630. The maximum Gasteiger partial charge on any atom is 0.407 e. The summed E-state index contributed by atoms with van der Waals surface area (Å²) in [4.78, 5) is 25.4. The van der Waals surface area contributed by atoms with Gasteiger partial charge in [0.2, 0.25) is 0 Å². The lowest BCUT2D eigenvalue weighted by Crippen LogP contribution is -2.49. The molecular formula is C22H35NO4S. The van der Waals surface area contributed by atoms with Crippen LogP contribution in [0.15, 0.2) is 23.1 Å². The van der Waals surface area contributed by atoms with Gasteiger partial charge in [0, 0.05) is 0 Å². The second-order valence-corrected chi connectivity index (χ2v) is 10.2. The first-order valence-corrected chi connectivity index (χ1v) is 11.2. The van der Waals surface area contributed by atoms with Gasteiger partial charge in [-0.3, -0.25) is 4.79 Å². The number of carbonyl (C=O) groups is 2. The molecule has 1 unspecified atom stereocenters. The van der Waals surface area contributed by atoms with Crippen LogP contribution in [0.25, 0.3) is 0 Å². The Morgan fingerprint density at radius 1 is 1.32 bits per heavy atom. The number of amides is 1. The van der Waals surface area contributed by atoms with Crippen LogP contribution in [0.3, 0.4) is 0 Å². The van der Waals surface area contributed by atoms with E-state index < -0.39 is 16.4 Å². The largest absolute Gasteiger partial charge is 0.444 e. The molecule has 0 saturated heterocycles. The van der Waals surface area contributed by atoms with Crippen molar-refractivity contribution in [1.82, 2.24) is 5.32 Å². The summed E-state index contributed by atoms with van der Waals surface area (Å²) in [6.45, 7) is 11.7. The van der Waals surface area contributed by atoms with Crippen molar-refractivity contribution in [2.24, 2.45) is 0 Å². The molecule has 0 aromatic carbocycles. The minimum absolute atomic E-state index is 0.0942. The molecule has 6 heteroatoms. The zero-order valence-electron chi connectivity index (χ0n) is 18.0. The average molecular weight is 410 g/mol. The zero-order valence-corrected chi connectivity index (χ0v) is 18.9. The van der Waals surface area contributed by atoms with E-state index in [-0.39, 0.29) is 24.0 Å². The lowest BCUT2D eigenvalue weighted by molar-refractivity contribution is -0.117. The van der Waals surface area contributed by atoms with Gasteiger partial charge in [0.15, 0.2) is 5.78 Å². The van der Waals surface area contributed by atoms with Crippen LogP contribution in [0, 0.1) is 0 Å². The number of rotatable bonds is 7. The summed E-state index contributed by atoms with van der Waals surface area (Å²) in [7, 11) is 0. The van der Waals surface area contributed by atoms with E-state index in [1.165, 1.54) is 0 Å². The van der Waals surface area contributed by atoms with Gasteiger partial charge >= 0.3 is 6.09 Å². The standard InChI is InChI=1S/C22H35NO4S/c1-7-16(8-2)26-18-14-15(19(24)22(6)12-9-13-28-22)10-11-17(18)23-20(25)27-21(3,4)5/h9,13-14,16-18H,7-8,10-12H2,1-6H3,(H,23,25)/t17-,18-,22?/m1/s1. The zero-order chi connectivity index (χ0) is 20.9. The molecule has 0 saturated carbocycles. The second kappa shape index (κ2) is 9.49. The Bertz CT molecular complexity index is 623. The first-order valence-electron chi connectivity index (χ1n) is 10.3. The second-order valence-electron chi connectivity index (χ2n) is 8.78. The van der Waals surface area contributed by atoms with Crippen molar-refractivity contribution < 1.29 is 19.1 Å². The molecule has 0 aromatic rings. The summed E-state index contributed by atoms with van der Waals surface area (Å²) in [6.07, 6.45) is 7.15. The molecular weight excluding hydrogens is 374 g/mol. The highest BCUT2D eigenvalue weighted by atomic mass is 32.2. The predicted molar refractivity (Wildman–Crippen MR) is 114 cm³/mol. The first-order chi connectivity index (χ1) is 13.1. The fourth-order valence-corrected chi connectivity index (χ4v) is 4.44. The number of nitrogens with one attached hydrogen (secondary N) is 1. The molecule has 0 bridgehead atoms. The number of hydrogen-bond donors (Lipinski definition) is 1. The Kier molecular flexibility index (Phi) is 7.80. The summed E-state index contributed by atoms with van der Waals surface area (Å²) >= 11 is 1.59. The van der Waals surface area contributed by atoms with Crippen LogP contribution in [0.1, 0.15) is 73.6 Å². The van der Waals surface area contributed by atoms with Crippen molar-refractivity contribution in [1.29, 1.82) is 0 Å². The van der Waals surface area contributed by atoms with Gasteiger partial charge < -0.3 is 14.8 Å². The van der Waals surface area contributed by atoms with Gasteiger partial charge in [0.05, 0.1) is 23.0 Å². The molecule has 2 rings (SSSR count). The maximum absolute atomic E-state index is 13.1. The van der Waals surface area contributed by atoms with Crippen molar-refractivity contribution in [3.63, 3.8) is 0 Å². The number of carbonyl (C=O) groups excluding carboxylic acids is 2. The Morgan fingerprint density at radius 3 is 2.54 bits per heavy atom. The van der Waals surface area contributed by atoms with Crippen LogP contribution in [0.2, 0.25) is 0 Å². The molecule has 0 radical (unpaired) electrons. The maximum atomic E-state index is 13.1. The summed E-state index contributed by atoms with van der Waals surface area (Å²) < 4.78 is 11.3. The smallest absolute Gasteiger partial charge is 0.407 e. The van der Waals surface area contributed by atoms with Crippen molar-refractivity contribution in [2.75, 3.05) is 0 Å². The lowest BCUT2D eigenvalue weighted by atomic mass is 9.85. The minimum atomic E-state index is -0.553. The van der Waals surface area contributed by atoms with Crippen molar-refractivity contribution >= 4 is 23.6 Å². The van der Waals surface area contributed by atoms with E-state index in [9.17, 15) is 9.59 Å². The molecule has 2 aliphatic rings. The summed E-state index contributed by atoms with van der Waals surface area (Å²) in [6, 6.07) is -0.200. The van der Waals surface area contributed by atoms with Crippen LogP contribution in [0.5, 0.6) is 0 Å². The molecule has 158 valence electrons. The van der Waals surface area contributed by atoms with Gasteiger partial charge in [-0.1, -0.05) is 19.9 Å². The van der Waals surface area contributed by atoms with E-state index in [1.807, 2.05) is 39.2 Å². The van der Waals surface area contributed by atoms with E-state index >= 15 is 0 Å². The highest BCUT2D eigenvalue weighted by Crippen LogP contribution is 2.40. The van der Waals surface area contributed by atoms with Crippen molar-refractivity contribution in [3.8, 4) is 0 Å². The van der Waals surface area contributed by atoms with Crippen LogP contribution in [-0.4, -0.2) is 40.5 Å². The minimum Gasteiger partial charge on any atom is -0.444 e. The molecule has 1 aliphatic carbocycles. The Labute approximate surface area is 173 Å². The number of ketones is 1. The third-order valence-electron chi connectivity index (χ3n) is 5.15. The number of ether oxygens (including phenoxy) is 2. The summed E-state index contributed by atoms with van der Waals surface area (Å²) in [5, 5.41) is 4.96. The highest BCUT2D eigenvalue weighted by molar-refractivity contribution is 8.04. The van der Waals surface area contributed by atoms with Gasteiger partial charge in [-0.25, -0.2) is 4.79 Å². The third kappa shape index (κ3) is 6.11. The van der Waals surface area contributed by atoms with E-state index in [1.54, 1.807) is 11.8 Å². The van der Waals surface area contributed by atoms with Gasteiger partial charge in [-0.15, -0.1) is 11.8 Å². The van der Waals surface area contributed by atoms with E-state index in [0.29, 0.717) is 12.8 Å². The average Bonchev–Trinajstić information content (AvgIpc) is 3.06. The summed E-state index contributed by atoms with van der Waals surface area (Å²) in [5.41, 5.74) is 0.264. The van der Waals surface area contributed by atoms with Crippen LogP contribution >= 0.6 is 11.8 Å². The van der Waals surface area contributed by atoms with E-state index in [0.717, 1.165) is 24.8 Å². The molecule has 0 spiro atoms. The van der Waals surface area contributed by atoms with Crippen LogP contribution in [0.4, 0.5) is 4.79 Å². The van der Waals surface area contributed by atoms with Crippen LogP contribution in [-0.2, 0) is 14.3 Å². The SMILES string of the molecule is CCC(CC)O[C@@H]1C=C(C(=O)C2(C)CC=CS2)CC[C@H]1NC(=O)OC(C)(C)C. The molecule has 0 aromatic heterocycles. The van der Waals surface area contributed by atoms with Crippen molar-refractivity contribution in [2.45, 2.75) is 102 Å². The van der Waals surface area contributed by atoms with E-state index in [4.69, 9.17) is 9.47 Å². The normalized spacial score (nSPS) is 27.6. The fraction of sp³-hybridized carbons (Fsp3) is 0.727. The van der Waals surface area contributed by atoms with Crippen molar-refractivity contribution in [3.05, 3.63) is 23.1 Å². The number of hydrogen-bond acceptors (Lipinski definition) is 5. The molecule has 28 heavy (non-hydrogen) atoms. The monoisotopic (exact) mass is 409 g/mol. The van der Waals surface area contributed by atoms with Gasteiger partial charge in [0.25, 0.3) is 0 Å². The summed E-state index contributed by atoms with van der Waals surface area (Å²) in [5.74, 6) is 0.177. The molecule has 0 fully saturated rings.